The zero-order valence-electron chi connectivity index (χ0n) is 11.8. The average Bonchev–Trinajstić information content (AvgIpc) is 2.36. The van der Waals surface area contributed by atoms with Crippen LogP contribution < -0.4 is 0 Å². The molecular formula is C15H20BrNO3. The Kier molecular flexibility index (Phi) is 5.16. The molecule has 110 valence electrons. The van der Waals surface area contributed by atoms with Crippen molar-refractivity contribution >= 4 is 21.6 Å². The third-order valence-electron chi connectivity index (χ3n) is 3.86. The molecule has 1 aromatic carbocycles. The van der Waals surface area contributed by atoms with Crippen LogP contribution >= 0.6 is 15.9 Å². The molecule has 5 heteroatoms. The fraction of sp³-hybridized carbons (Fsp3) is 0.600. The van der Waals surface area contributed by atoms with E-state index >= 15 is 0 Å². The fourth-order valence-corrected chi connectivity index (χ4v) is 3.56. The van der Waals surface area contributed by atoms with E-state index in [4.69, 9.17) is 4.74 Å². The van der Waals surface area contributed by atoms with Crippen LogP contribution in [0.3, 0.4) is 0 Å². The van der Waals surface area contributed by atoms with E-state index in [1.165, 1.54) is 12.5 Å². The number of nitro groups is 1. The fourth-order valence-electron chi connectivity index (χ4n) is 3.04. The zero-order valence-corrected chi connectivity index (χ0v) is 13.4. The summed E-state index contributed by atoms with van der Waals surface area (Å²) in [6.45, 7) is 4.94. The van der Waals surface area contributed by atoms with Gasteiger partial charge in [-0.05, 0) is 52.6 Å². The number of halogens is 1. The Labute approximate surface area is 127 Å². The van der Waals surface area contributed by atoms with E-state index < -0.39 is 0 Å². The number of nitro benzene ring substituents is 1. The summed E-state index contributed by atoms with van der Waals surface area (Å²) in [6, 6.07) is 5.07. The first-order chi connectivity index (χ1) is 9.47. The number of hydrogen-bond acceptors (Lipinski definition) is 3. The maximum Gasteiger partial charge on any atom is 0.283 e. The number of nitrogens with zero attached hydrogens (tertiary/aromatic N) is 1. The van der Waals surface area contributed by atoms with E-state index in [-0.39, 0.29) is 16.7 Å². The van der Waals surface area contributed by atoms with Crippen molar-refractivity contribution in [2.75, 3.05) is 0 Å². The van der Waals surface area contributed by atoms with Crippen molar-refractivity contribution in [2.24, 2.45) is 11.8 Å². The molecule has 4 nitrogen and oxygen atoms in total. The Morgan fingerprint density at radius 1 is 1.30 bits per heavy atom. The molecule has 0 bridgehead atoms. The van der Waals surface area contributed by atoms with E-state index in [1.807, 2.05) is 6.07 Å². The summed E-state index contributed by atoms with van der Waals surface area (Å²) in [7, 11) is 0. The number of hydrogen-bond donors (Lipinski definition) is 0. The molecule has 2 rings (SSSR count). The summed E-state index contributed by atoms with van der Waals surface area (Å²) in [5.74, 6) is 1.38. The van der Waals surface area contributed by atoms with Crippen molar-refractivity contribution in [1.82, 2.24) is 0 Å². The van der Waals surface area contributed by atoms with Gasteiger partial charge in [-0.25, -0.2) is 0 Å². The van der Waals surface area contributed by atoms with Gasteiger partial charge in [-0.15, -0.1) is 0 Å². The first-order valence-corrected chi connectivity index (χ1v) is 7.80. The van der Waals surface area contributed by atoms with Gasteiger partial charge in [-0.3, -0.25) is 10.1 Å². The minimum absolute atomic E-state index is 0.0940. The molecule has 0 aliphatic heterocycles. The largest absolute Gasteiger partial charge is 0.373 e. The molecule has 0 heterocycles. The van der Waals surface area contributed by atoms with E-state index in [1.54, 1.807) is 6.07 Å². The van der Waals surface area contributed by atoms with Gasteiger partial charge in [0.1, 0.15) is 4.47 Å². The van der Waals surface area contributed by atoms with Crippen molar-refractivity contribution < 1.29 is 9.66 Å². The molecule has 0 spiro atoms. The molecule has 1 aromatic rings. The van der Waals surface area contributed by atoms with Crippen molar-refractivity contribution in [1.29, 1.82) is 0 Å². The summed E-state index contributed by atoms with van der Waals surface area (Å²) < 4.78 is 6.50. The Bertz CT molecular complexity index is 482. The zero-order chi connectivity index (χ0) is 14.7. The van der Waals surface area contributed by atoms with Crippen molar-refractivity contribution in [3.05, 3.63) is 38.3 Å². The summed E-state index contributed by atoms with van der Waals surface area (Å²) in [5, 5.41) is 10.9. The van der Waals surface area contributed by atoms with Crippen LogP contribution in [-0.2, 0) is 11.3 Å². The lowest BCUT2D eigenvalue weighted by Crippen LogP contribution is -2.26. The highest BCUT2D eigenvalue weighted by molar-refractivity contribution is 9.10. The molecule has 0 N–H and O–H groups in total. The highest BCUT2D eigenvalue weighted by atomic mass is 79.9. The highest BCUT2D eigenvalue weighted by Crippen LogP contribution is 2.33. The van der Waals surface area contributed by atoms with Gasteiger partial charge in [0, 0.05) is 6.07 Å². The van der Waals surface area contributed by atoms with Gasteiger partial charge in [-0.1, -0.05) is 26.0 Å². The van der Waals surface area contributed by atoms with Crippen LogP contribution in [0.1, 0.15) is 38.7 Å². The smallest absolute Gasteiger partial charge is 0.283 e. The molecule has 2 atom stereocenters. The Morgan fingerprint density at radius 2 is 1.95 bits per heavy atom. The monoisotopic (exact) mass is 341 g/mol. The quantitative estimate of drug-likeness (QED) is 0.589. The lowest BCUT2D eigenvalue weighted by Gasteiger charge is -2.31. The molecule has 0 amide bonds. The third kappa shape index (κ3) is 3.79. The second-order valence-corrected chi connectivity index (χ2v) is 6.65. The molecule has 0 saturated heterocycles. The summed E-state index contributed by atoms with van der Waals surface area (Å²) in [4.78, 5) is 10.5. The predicted octanol–water partition coefficient (Wildman–Crippen LogP) is 4.70. The van der Waals surface area contributed by atoms with Gasteiger partial charge in [0.05, 0.1) is 17.6 Å². The molecular weight excluding hydrogens is 322 g/mol. The van der Waals surface area contributed by atoms with Gasteiger partial charge in [0.15, 0.2) is 0 Å². The number of ether oxygens (including phenoxy) is 1. The number of rotatable bonds is 4. The summed E-state index contributed by atoms with van der Waals surface area (Å²) >= 11 is 3.31. The van der Waals surface area contributed by atoms with Gasteiger partial charge >= 0.3 is 0 Å². The summed E-state index contributed by atoms with van der Waals surface area (Å²) in [5.41, 5.74) is 0.932. The first kappa shape index (κ1) is 15.4. The van der Waals surface area contributed by atoms with Crippen LogP contribution in [-0.4, -0.2) is 11.0 Å². The van der Waals surface area contributed by atoms with Gasteiger partial charge in [0.25, 0.3) is 5.69 Å². The molecule has 0 aromatic heterocycles. The van der Waals surface area contributed by atoms with E-state index in [9.17, 15) is 10.1 Å². The predicted molar refractivity (Wildman–Crippen MR) is 81.6 cm³/mol. The van der Waals surface area contributed by atoms with E-state index in [2.05, 4.69) is 29.8 Å². The van der Waals surface area contributed by atoms with Crippen LogP contribution in [0.5, 0.6) is 0 Å². The Morgan fingerprint density at radius 3 is 2.55 bits per heavy atom. The maximum atomic E-state index is 10.9. The third-order valence-corrected chi connectivity index (χ3v) is 4.78. The molecule has 1 aliphatic carbocycles. The SMILES string of the molecule is CC1CC(C)CC(OCc2cccc([N+](=O)[O-])c2Br)C1. The van der Waals surface area contributed by atoms with Crippen molar-refractivity contribution in [3.8, 4) is 0 Å². The second kappa shape index (κ2) is 6.68. The van der Waals surface area contributed by atoms with E-state index in [0.29, 0.717) is 22.9 Å². The average molecular weight is 342 g/mol. The van der Waals surface area contributed by atoms with Gasteiger partial charge in [-0.2, -0.15) is 0 Å². The first-order valence-electron chi connectivity index (χ1n) is 7.00. The molecule has 20 heavy (non-hydrogen) atoms. The van der Waals surface area contributed by atoms with Crippen LogP contribution in [0.25, 0.3) is 0 Å². The normalized spacial score (nSPS) is 26.4. The maximum absolute atomic E-state index is 10.9. The minimum atomic E-state index is -0.377. The lowest BCUT2D eigenvalue weighted by atomic mass is 9.82. The molecule has 0 radical (unpaired) electrons. The number of benzene rings is 1. The van der Waals surface area contributed by atoms with Crippen molar-refractivity contribution in [3.63, 3.8) is 0 Å². The van der Waals surface area contributed by atoms with Gasteiger partial charge in [0.2, 0.25) is 0 Å². The van der Waals surface area contributed by atoms with Crippen LogP contribution in [0.4, 0.5) is 5.69 Å². The molecule has 1 aliphatic rings. The minimum Gasteiger partial charge on any atom is -0.373 e. The van der Waals surface area contributed by atoms with Crippen LogP contribution in [0.2, 0.25) is 0 Å². The summed E-state index contributed by atoms with van der Waals surface area (Å²) in [6.07, 6.45) is 3.69. The highest BCUT2D eigenvalue weighted by Gasteiger charge is 2.25. The Hall–Kier alpha value is -0.940. The topological polar surface area (TPSA) is 52.4 Å². The van der Waals surface area contributed by atoms with E-state index in [0.717, 1.165) is 18.4 Å². The van der Waals surface area contributed by atoms with Crippen molar-refractivity contribution in [2.45, 2.75) is 45.8 Å². The van der Waals surface area contributed by atoms with Gasteiger partial charge < -0.3 is 4.74 Å². The standard InChI is InChI=1S/C15H20BrNO3/c1-10-6-11(2)8-13(7-10)20-9-12-4-3-5-14(15(12)16)17(18)19/h3-5,10-11,13H,6-9H2,1-2H3. The van der Waals surface area contributed by atoms with Crippen LogP contribution in [0.15, 0.2) is 22.7 Å². The lowest BCUT2D eigenvalue weighted by molar-refractivity contribution is -0.385. The van der Waals surface area contributed by atoms with Crippen LogP contribution in [0, 0.1) is 22.0 Å². The molecule has 1 fully saturated rings. The second-order valence-electron chi connectivity index (χ2n) is 5.86. The molecule has 2 unspecified atom stereocenters. The Balaban J connectivity index is 2.00. The molecule has 1 saturated carbocycles.